The normalized spacial score (nSPS) is 19.4. The Balaban J connectivity index is 1.81. The van der Waals surface area contributed by atoms with Gasteiger partial charge in [0.2, 0.25) is 0 Å². The van der Waals surface area contributed by atoms with Gasteiger partial charge in [0.15, 0.2) is 5.76 Å². The van der Waals surface area contributed by atoms with Crippen molar-refractivity contribution in [3.8, 4) is 0 Å². The van der Waals surface area contributed by atoms with Crippen molar-refractivity contribution >= 4 is 11.6 Å². The van der Waals surface area contributed by atoms with Crippen molar-refractivity contribution in [1.82, 2.24) is 5.16 Å². The zero-order chi connectivity index (χ0) is 13.0. The standard InChI is InChI=1S/C12H18N2O4/c1-8(2)12-10(5-13-18-12)14-11(15)7-17-9-3-4-16-6-9/h5,8-9H,3-4,6-7H2,1-2H3,(H,14,15). The largest absolute Gasteiger partial charge is 0.379 e. The second-order valence-corrected chi connectivity index (χ2v) is 4.60. The number of rotatable bonds is 5. The van der Waals surface area contributed by atoms with E-state index in [1.807, 2.05) is 13.8 Å². The molecule has 0 saturated carbocycles. The SMILES string of the molecule is CC(C)c1oncc1NC(=O)COC1CCOC1. The van der Waals surface area contributed by atoms with Crippen LogP contribution in [-0.4, -0.2) is 37.0 Å². The molecule has 2 heterocycles. The van der Waals surface area contributed by atoms with E-state index < -0.39 is 0 Å². The van der Waals surface area contributed by atoms with Crippen molar-refractivity contribution in [2.24, 2.45) is 0 Å². The van der Waals surface area contributed by atoms with Crippen LogP contribution in [0.3, 0.4) is 0 Å². The van der Waals surface area contributed by atoms with Crippen LogP contribution in [0.25, 0.3) is 0 Å². The molecular formula is C12H18N2O4. The molecule has 1 aliphatic rings. The van der Waals surface area contributed by atoms with E-state index >= 15 is 0 Å². The summed E-state index contributed by atoms with van der Waals surface area (Å²) in [6.07, 6.45) is 2.38. The first kappa shape index (κ1) is 13.0. The zero-order valence-corrected chi connectivity index (χ0v) is 10.6. The second-order valence-electron chi connectivity index (χ2n) is 4.60. The number of ether oxygens (including phenoxy) is 2. The molecule has 1 aromatic heterocycles. The van der Waals surface area contributed by atoms with Crippen molar-refractivity contribution in [2.45, 2.75) is 32.3 Å². The fourth-order valence-corrected chi connectivity index (χ4v) is 1.78. The molecule has 1 N–H and O–H groups in total. The van der Waals surface area contributed by atoms with Gasteiger partial charge in [-0.25, -0.2) is 0 Å². The van der Waals surface area contributed by atoms with Crippen LogP contribution >= 0.6 is 0 Å². The molecule has 0 radical (unpaired) electrons. The van der Waals surface area contributed by atoms with E-state index in [1.54, 1.807) is 0 Å². The molecule has 1 amide bonds. The van der Waals surface area contributed by atoms with E-state index in [4.69, 9.17) is 14.0 Å². The summed E-state index contributed by atoms with van der Waals surface area (Å²) in [6, 6.07) is 0. The first-order chi connectivity index (χ1) is 8.66. The maximum absolute atomic E-state index is 11.7. The van der Waals surface area contributed by atoms with Gasteiger partial charge in [0, 0.05) is 12.5 Å². The monoisotopic (exact) mass is 254 g/mol. The number of amides is 1. The van der Waals surface area contributed by atoms with E-state index in [1.165, 1.54) is 6.20 Å². The van der Waals surface area contributed by atoms with Crippen LogP contribution < -0.4 is 5.32 Å². The lowest BCUT2D eigenvalue weighted by molar-refractivity contribution is -0.122. The predicted molar refractivity (Wildman–Crippen MR) is 64.4 cm³/mol. The maximum atomic E-state index is 11.7. The molecule has 0 bridgehead atoms. The molecule has 1 atom stereocenters. The highest BCUT2D eigenvalue weighted by Crippen LogP contribution is 2.23. The van der Waals surface area contributed by atoms with Gasteiger partial charge in [-0.05, 0) is 6.42 Å². The van der Waals surface area contributed by atoms with Gasteiger partial charge in [-0.3, -0.25) is 4.79 Å². The Hall–Kier alpha value is -1.40. The van der Waals surface area contributed by atoms with Gasteiger partial charge in [0.25, 0.3) is 5.91 Å². The quantitative estimate of drug-likeness (QED) is 0.862. The summed E-state index contributed by atoms with van der Waals surface area (Å²) in [7, 11) is 0. The highest BCUT2D eigenvalue weighted by molar-refractivity contribution is 5.92. The summed E-state index contributed by atoms with van der Waals surface area (Å²) >= 11 is 0. The van der Waals surface area contributed by atoms with E-state index in [2.05, 4.69) is 10.5 Å². The summed E-state index contributed by atoms with van der Waals surface area (Å²) in [5.41, 5.74) is 0.612. The van der Waals surface area contributed by atoms with Gasteiger partial charge in [-0.15, -0.1) is 0 Å². The van der Waals surface area contributed by atoms with Crippen molar-refractivity contribution in [1.29, 1.82) is 0 Å². The third-order valence-electron chi connectivity index (χ3n) is 2.73. The number of nitrogens with one attached hydrogen (secondary N) is 1. The van der Waals surface area contributed by atoms with Gasteiger partial charge >= 0.3 is 0 Å². The van der Waals surface area contributed by atoms with E-state index in [9.17, 15) is 4.79 Å². The Labute approximate surface area is 106 Å². The fourth-order valence-electron chi connectivity index (χ4n) is 1.78. The molecule has 1 saturated heterocycles. The van der Waals surface area contributed by atoms with Gasteiger partial charge in [0.05, 0.1) is 18.9 Å². The number of carbonyl (C=O) groups excluding carboxylic acids is 1. The lowest BCUT2D eigenvalue weighted by Gasteiger charge is -2.10. The molecule has 18 heavy (non-hydrogen) atoms. The van der Waals surface area contributed by atoms with Crippen LogP contribution in [-0.2, 0) is 14.3 Å². The van der Waals surface area contributed by atoms with Crippen molar-refractivity contribution in [3.63, 3.8) is 0 Å². The van der Waals surface area contributed by atoms with E-state index in [0.717, 1.165) is 6.42 Å². The molecule has 2 rings (SSSR count). The fraction of sp³-hybridized carbons (Fsp3) is 0.667. The Bertz CT molecular complexity index is 397. The van der Waals surface area contributed by atoms with Crippen LogP contribution in [0, 0.1) is 0 Å². The van der Waals surface area contributed by atoms with Crippen molar-refractivity contribution in [3.05, 3.63) is 12.0 Å². The van der Waals surface area contributed by atoms with Gasteiger partial charge in [0.1, 0.15) is 12.3 Å². The average Bonchev–Trinajstić information content (AvgIpc) is 2.96. The van der Waals surface area contributed by atoms with E-state index in [0.29, 0.717) is 24.7 Å². The molecular weight excluding hydrogens is 236 g/mol. The van der Waals surface area contributed by atoms with Crippen LogP contribution in [0.4, 0.5) is 5.69 Å². The molecule has 1 unspecified atom stereocenters. The lowest BCUT2D eigenvalue weighted by Crippen LogP contribution is -2.23. The smallest absolute Gasteiger partial charge is 0.250 e. The van der Waals surface area contributed by atoms with Gasteiger partial charge < -0.3 is 19.3 Å². The molecule has 1 aromatic rings. The Morgan fingerprint density at radius 2 is 2.50 bits per heavy atom. The summed E-state index contributed by atoms with van der Waals surface area (Å²) in [5, 5.41) is 6.42. The number of carbonyl (C=O) groups is 1. The van der Waals surface area contributed by atoms with Crippen LogP contribution in [0.5, 0.6) is 0 Å². The third kappa shape index (κ3) is 3.30. The van der Waals surface area contributed by atoms with Crippen LogP contribution in [0.15, 0.2) is 10.7 Å². The highest BCUT2D eigenvalue weighted by Gasteiger charge is 2.19. The summed E-state index contributed by atoms with van der Waals surface area (Å²) in [5.74, 6) is 0.645. The number of hydrogen-bond acceptors (Lipinski definition) is 5. The van der Waals surface area contributed by atoms with Crippen molar-refractivity contribution in [2.75, 3.05) is 25.1 Å². The minimum Gasteiger partial charge on any atom is -0.379 e. The Morgan fingerprint density at radius 3 is 3.17 bits per heavy atom. The van der Waals surface area contributed by atoms with Gasteiger partial charge in [-0.2, -0.15) is 0 Å². The van der Waals surface area contributed by atoms with Crippen LogP contribution in [0.2, 0.25) is 0 Å². The lowest BCUT2D eigenvalue weighted by atomic mass is 10.1. The van der Waals surface area contributed by atoms with Gasteiger partial charge in [-0.1, -0.05) is 19.0 Å². The minimum atomic E-state index is -0.202. The maximum Gasteiger partial charge on any atom is 0.250 e. The minimum absolute atomic E-state index is 0.0245. The number of nitrogens with zero attached hydrogens (tertiary/aromatic N) is 1. The molecule has 6 heteroatoms. The molecule has 0 spiro atoms. The number of hydrogen-bond donors (Lipinski definition) is 1. The molecule has 6 nitrogen and oxygen atoms in total. The Kier molecular flexibility index (Phi) is 4.33. The summed E-state index contributed by atoms with van der Waals surface area (Å²) < 4.78 is 15.7. The van der Waals surface area contributed by atoms with Crippen molar-refractivity contribution < 1.29 is 18.8 Å². The topological polar surface area (TPSA) is 73.6 Å². The summed E-state index contributed by atoms with van der Waals surface area (Å²) in [6.45, 7) is 5.25. The molecule has 100 valence electrons. The summed E-state index contributed by atoms with van der Waals surface area (Å²) in [4.78, 5) is 11.7. The van der Waals surface area contributed by atoms with Crippen LogP contribution in [0.1, 0.15) is 31.9 Å². The predicted octanol–water partition coefficient (Wildman–Crippen LogP) is 1.54. The van der Waals surface area contributed by atoms with E-state index in [-0.39, 0.29) is 24.5 Å². The number of anilines is 1. The molecule has 0 aliphatic carbocycles. The second kappa shape index (κ2) is 5.97. The Morgan fingerprint density at radius 1 is 1.67 bits per heavy atom. The number of aromatic nitrogens is 1. The first-order valence-corrected chi connectivity index (χ1v) is 6.10. The molecule has 0 aromatic carbocycles. The zero-order valence-electron chi connectivity index (χ0n) is 10.6. The average molecular weight is 254 g/mol. The first-order valence-electron chi connectivity index (χ1n) is 6.10. The molecule has 1 fully saturated rings. The highest BCUT2D eigenvalue weighted by atomic mass is 16.5. The third-order valence-corrected chi connectivity index (χ3v) is 2.73. The molecule has 1 aliphatic heterocycles.